The van der Waals surface area contributed by atoms with Gasteiger partial charge in [0.25, 0.3) is 0 Å². The molecule has 0 aromatic carbocycles. The second-order valence-electron chi connectivity index (χ2n) is 6.40. The molecule has 0 aliphatic heterocycles. The van der Waals surface area contributed by atoms with E-state index in [0.29, 0.717) is 23.8 Å². The first-order chi connectivity index (χ1) is 9.40. The molecule has 0 fully saturated rings. The van der Waals surface area contributed by atoms with E-state index in [4.69, 9.17) is 10.1 Å². The van der Waals surface area contributed by atoms with Gasteiger partial charge in [0.2, 0.25) is 0 Å². The molecule has 2 unspecified atom stereocenters. The molecular weight excluding hydrogens is 250 g/mol. The summed E-state index contributed by atoms with van der Waals surface area (Å²) in [6, 6.07) is 0.397. The maximum Gasteiger partial charge on any atom is 0.191 e. The molecule has 2 atom stereocenters. The number of hydrogen-bond acceptors (Lipinski definition) is 2. The number of aliphatic imine (C=N–C) groups is 1. The van der Waals surface area contributed by atoms with Crippen LogP contribution in [0.4, 0.5) is 0 Å². The van der Waals surface area contributed by atoms with Gasteiger partial charge in [-0.3, -0.25) is 4.99 Å². The number of hydrogen-bond donors (Lipinski definition) is 3. The molecule has 0 radical (unpaired) electrons. The van der Waals surface area contributed by atoms with E-state index in [2.05, 4.69) is 52.2 Å². The molecule has 20 heavy (non-hydrogen) atoms. The summed E-state index contributed by atoms with van der Waals surface area (Å²) < 4.78 is 0. The fourth-order valence-corrected chi connectivity index (χ4v) is 2.06. The second kappa shape index (κ2) is 11.0. The van der Waals surface area contributed by atoms with Crippen LogP contribution in [0.1, 0.15) is 54.4 Å². The molecule has 0 heterocycles. The normalized spacial score (nSPS) is 15.6. The Hall–Kier alpha value is -0.770. The van der Waals surface area contributed by atoms with Crippen LogP contribution in [-0.2, 0) is 0 Å². The van der Waals surface area contributed by atoms with Crippen molar-refractivity contribution in [3.8, 4) is 0 Å². The number of rotatable bonds is 9. The van der Waals surface area contributed by atoms with Crippen LogP contribution in [-0.4, -0.2) is 36.8 Å². The van der Waals surface area contributed by atoms with Crippen molar-refractivity contribution in [3.05, 3.63) is 0 Å². The first-order valence-corrected chi connectivity index (χ1v) is 8.06. The van der Waals surface area contributed by atoms with Crippen molar-refractivity contribution >= 4 is 5.96 Å². The lowest BCUT2D eigenvalue weighted by Crippen LogP contribution is -2.44. The smallest absolute Gasteiger partial charge is 0.191 e. The zero-order valence-electron chi connectivity index (χ0n) is 14.2. The zero-order valence-corrected chi connectivity index (χ0v) is 14.2. The molecule has 4 nitrogen and oxygen atoms in total. The van der Waals surface area contributed by atoms with Crippen molar-refractivity contribution < 1.29 is 5.11 Å². The Balaban J connectivity index is 4.54. The average Bonchev–Trinajstić information content (AvgIpc) is 2.35. The minimum atomic E-state index is 0.249. The Morgan fingerprint density at radius 2 is 1.80 bits per heavy atom. The molecule has 120 valence electrons. The summed E-state index contributed by atoms with van der Waals surface area (Å²) >= 11 is 0. The number of guanidine groups is 1. The summed E-state index contributed by atoms with van der Waals surface area (Å²) in [7, 11) is 0. The topological polar surface area (TPSA) is 56.7 Å². The van der Waals surface area contributed by atoms with Gasteiger partial charge in [0.05, 0.1) is 0 Å². The zero-order chi connectivity index (χ0) is 15.5. The van der Waals surface area contributed by atoms with Crippen molar-refractivity contribution in [2.45, 2.75) is 60.4 Å². The molecule has 0 bridgehead atoms. The van der Waals surface area contributed by atoms with E-state index in [1.165, 1.54) is 0 Å². The molecule has 0 rings (SSSR count). The van der Waals surface area contributed by atoms with Gasteiger partial charge >= 0.3 is 0 Å². The van der Waals surface area contributed by atoms with E-state index >= 15 is 0 Å². The summed E-state index contributed by atoms with van der Waals surface area (Å²) in [4.78, 5) is 4.69. The van der Waals surface area contributed by atoms with Crippen LogP contribution in [0.25, 0.3) is 0 Å². The summed E-state index contributed by atoms with van der Waals surface area (Å²) in [6.07, 6.45) is 1.95. The van der Waals surface area contributed by atoms with E-state index < -0.39 is 0 Å². The Kier molecular flexibility index (Phi) is 10.5. The number of aliphatic hydroxyl groups is 1. The highest BCUT2D eigenvalue weighted by Crippen LogP contribution is 2.15. The molecule has 0 saturated carbocycles. The highest BCUT2D eigenvalue weighted by atomic mass is 16.3. The van der Waals surface area contributed by atoms with Crippen molar-refractivity contribution in [3.63, 3.8) is 0 Å². The van der Waals surface area contributed by atoms with Gasteiger partial charge in [-0.05, 0) is 44.4 Å². The quantitative estimate of drug-likeness (QED) is 0.451. The van der Waals surface area contributed by atoms with Crippen LogP contribution in [0.15, 0.2) is 4.99 Å². The van der Waals surface area contributed by atoms with Crippen molar-refractivity contribution in [1.82, 2.24) is 10.6 Å². The first kappa shape index (κ1) is 19.2. The Bertz CT molecular complexity index is 264. The monoisotopic (exact) mass is 285 g/mol. The predicted octanol–water partition coefficient (Wildman–Crippen LogP) is 2.63. The maximum atomic E-state index is 9.16. The predicted molar refractivity (Wildman–Crippen MR) is 88.1 cm³/mol. The first-order valence-electron chi connectivity index (χ1n) is 8.06. The molecule has 0 amide bonds. The molecule has 0 spiro atoms. The molecular formula is C16H35N3O. The van der Waals surface area contributed by atoms with E-state index in [0.717, 1.165) is 31.9 Å². The molecule has 0 aromatic heterocycles. The van der Waals surface area contributed by atoms with Gasteiger partial charge < -0.3 is 15.7 Å². The number of nitrogens with zero attached hydrogens (tertiary/aromatic N) is 1. The van der Waals surface area contributed by atoms with Gasteiger partial charge in [-0.15, -0.1) is 0 Å². The van der Waals surface area contributed by atoms with Crippen LogP contribution < -0.4 is 10.6 Å². The molecule has 4 heteroatoms. The fraction of sp³-hybridized carbons (Fsp3) is 0.938. The largest absolute Gasteiger partial charge is 0.396 e. The minimum Gasteiger partial charge on any atom is -0.396 e. The maximum absolute atomic E-state index is 9.16. The lowest BCUT2D eigenvalue weighted by molar-refractivity contribution is 0.245. The van der Waals surface area contributed by atoms with Crippen molar-refractivity contribution in [2.24, 2.45) is 22.7 Å². The Morgan fingerprint density at radius 3 is 2.25 bits per heavy atom. The highest BCUT2D eigenvalue weighted by Gasteiger charge is 2.12. The molecule has 0 aromatic rings. The Labute approximate surface area is 125 Å². The van der Waals surface area contributed by atoms with Gasteiger partial charge in [-0.1, -0.05) is 27.7 Å². The molecule has 0 aliphatic carbocycles. The van der Waals surface area contributed by atoms with Gasteiger partial charge in [0, 0.05) is 25.7 Å². The third-order valence-electron chi connectivity index (χ3n) is 3.56. The second-order valence-corrected chi connectivity index (χ2v) is 6.40. The van der Waals surface area contributed by atoms with E-state index in [1.807, 2.05) is 0 Å². The third-order valence-corrected chi connectivity index (χ3v) is 3.56. The van der Waals surface area contributed by atoms with Crippen molar-refractivity contribution in [1.29, 1.82) is 0 Å². The lowest BCUT2D eigenvalue weighted by Gasteiger charge is -2.22. The third kappa shape index (κ3) is 9.18. The molecule has 0 aliphatic rings. The van der Waals surface area contributed by atoms with Crippen LogP contribution in [0.2, 0.25) is 0 Å². The van der Waals surface area contributed by atoms with Gasteiger partial charge in [0.1, 0.15) is 0 Å². The van der Waals surface area contributed by atoms with Gasteiger partial charge in [-0.2, -0.15) is 0 Å². The van der Waals surface area contributed by atoms with Gasteiger partial charge in [-0.25, -0.2) is 0 Å². The summed E-state index contributed by atoms with van der Waals surface area (Å²) in [5.74, 6) is 2.57. The highest BCUT2D eigenvalue weighted by molar-refractivity contribution is 5.80. The van der Waals surface area contributed by atoms with Crippen LogP contribution >= 0.6 is 0 Å². The Morgan fingerprint density at radius 1 is 1.15 bits per heavy atom. The molecule has 0 saturated heterocycles. The summed E-state index contributed by atoms with van der Waals surface area (Å²) in [5.41, 5.74) is 0. The standard InChI is InChI=1S/C16H35N3O/c1-7-17-16(19-14(6)13(4)5)18-11-15(8-9-20)10-12(2)3/h12-15,20H,7-11H2,1-6H3,(H2,17,18,19). The minimum absolute atomic E-state index is 0.249. The average molecular weight is 285 g/mol. The fourth-order valence-electron chi connectivity index (χ4n) is 2.06. The number of nitrogens with one attached hydrogen (secondary N) is 2. The van der Waals surface area contributed by atoms with Crippen LogP contribution in [0.3, 0.4) is 0 Å². The number of aliphatic hydroxyl groups excluding tert-OH is 1. The van der Waals surface area contributed by atoms with E-state index in [-0.39, 0.29) is 6.61 Å². The van der Waals surface area contributed by atoms with E-state index in [9.17, 15) is 0 Å². The lowest BCUT2D eigenvalue weighted by atomic mass is 9.94. The molecule has 3 N–H and O–H groups in total. The SMILES string of the molecule is CCNC(=NCC(CCO)CC(C)C)NC(C)C(C)C. The summed E-state index contributed by atoms with van der Waals surface area (Å²) in [6.45, 7) is 15.0. The van der Waals surface area contributed by atoms with Crippen LogP contribution in [0.5, 0.6) is 0 Å². The van der Waals surface area contributed by atoms with Crippen LogP contribution in [0, 0.1) is 17.8 Å². The summed E-state index contributed by atoms with van der Waals surface area (Å²) in [5, 5.41) is 15.9. The van der Waals surface area contributed by atoms with Gasteiger partial charge in [0.15, 0.2) is 5.96 Å². The van der Waals surface area contributed by atoms with Crippen molar-refractivity contribution in [2.75, 3.05) is 19.7 Å². The van der Waals surface area contributed by atoms with E-state index in [1.54, 1.807) is 0 Å².